The normalized spacial score (nSPS) is 23.5. The fraction of sp³-hybridized carbons (Fsp3) is 1.00. The Balaban J connectivity index is 0.000000145. The summed E-state index contributed by atoms with van der Waals surface area (Å²) in [6.45, 7) is 3.59. The third kappa shape index (κ3) is 5.24. The van der Waals surface area contributed by atoms with Gasteiger partial charge >= 0.3 is 0 Å². The second kappa shape index (κ2) is 6.35. The van der Waals surface area contributed by atoms with Crippen molar-refractivity contribution < 1.29 is 4.74 Å². The zero-order valence-electron chi connectivity index (χ0n) is 8.37. The van der Waals surface area contributed by atoms with Gasteiger partial charge in [0.2, 0.25) is 0 Å². The Kier molecular flexibility index (Phi) is 5.35. The lowest BCUT2D eigenvalue weighted by Gasteiger charge is -2.19. The van der Waals surface area contributed by atoms with Gasteiger partial charge in [-0.05, 0) is 50.6 Å². The van der Waals surface area contributed by atoms with Crippen LogP contribution in [0.1, 0.15) is 25.7 Å². The Morgan fingerprint density at radius 3 is 1.54 bits per heavy atom. The summed E-state index contributed by atoms with van der Waals surface area (Å²) >= 11 is 0. The monoisotopic (exact) mass is 186 g/mol. The molecule has 1 aliphatic carbocycles. The van der Waals surface area contributed by atoms with E-state index in [1.807, 2.05) is 0 Å². The van der Waals surface area contributed by atoms with Gasteiger partial charge in [-0.3, -0.25) is 0 Å². The highest BCUT2D eigenvalue weighted by Gasteiger charge is 2.17. The predicted octanol–water partition coefficient (Wildman–Crippen LogP) is 0.727. The smallest absolute Gasteiger partial charge is 0.0469 e. The average molecular weight is 186 g/mol. The molecular formula is C10H22N2O. The number of ether oxygens (including phenoxy) is 1. The molecule has 0 radical (unpaired) electrons. The van der Waals surface area contributed by atoms with Crippen molar-refractivity contribution in [2.75, 3.05) is 26.3 Å². The average Bonchev–Trinajstić information content (AvgIpc) is 3.03. The maximum Gasteiger partial charge on any atom is 0.0469 e. The van der Waals surface area contributed by atoms with E-state index in [9.17, 15) is 0 Å². The van der Waals surface area contributed by atoms with Crippen LogP contribution in [0.5, 0.6) is 0 Å². The van der Waals surface area contributed by atoms with Gasteiger partial charge in [-0.2, -0.15) is 0 Å². The lowest BCUT2D eigenvalue weighted by atomic mass is 10.0. The predicted molar refractivity (Wildman–Crippen MR) is 54.4 cm³/mol. The van der Waals surface area contributed by atoms with Crippen molar-refractivity contribution in [2.24, 2.45) is 23.3 Å². The van der Waals surface area contributed by atoms with Gasteiger partial charge in [0.05, 0.1) is 0 Å². The van der Waals surface area contributed by atoms with Crippen molar-refractivity contribution in [3.05, 3.63) is 0 Å². The molecule has 0 atom stereocenters. The maximum atomic E-state index is 5.45. The SMILES string of the molecule is NCC1CC1.NCC1CCOCC1. The molecule has 0 amide bonds. The largest absolute Gasteiger partial charge is 0.381 e. The molecule has 0 aromatic carbocycles. The van der Waals surface area contributed by atoms with Gasteiger partial charge in [-0.25, -0.2) is 0 Å². The van der Waals surface area contributed by atoms with Crippen LogP contribution in [0, 0.1) is 11.8 Å². The zero-order valence-corrected chi connectivity index (χ0v) is 8.37. The molecule has 3 nitrogen and oxygen atoms in total. The van der Waals surface area contributed by atoms with Gasteiger partial charge in [0.15, 0.2) is 0 Å². The lowest BCUT2D eigenvalue weighted by molar-refractivity contribution is 0.0688. The van der Waals surface area contributed by atoms with E-state index in [4.69, 9.17) is 16.2 Å². The van der Waals surface area contributed by atoms with E-state index < -0.39 is 0 Å². The quantitative estimate of drug-likeness (QED) is 0.668. The fourth-order valence-electron chi connectivity index (χ4n) is 1.34. The molecule has 1 saturated heterocycles. The molecule has 2 rings (SSSR count). The van der Waals surface area contributed by atoms with E-state index in [-0.39, 0.29) is 0 Å². The summed E-state index contributed by atoms with van der Waals surface area (Å²) in [6, 6.07) is 0. The summed E-state index contributed by atoms with van der Waals surface area (Å²) in [4.78, 5) is 0. The Morgan fingerprint density at radius 1 is 0.846 bits per heavy atom. The van der Waals surface area contributed by atoms with E-state index in [1.165, 1.54) is 12.8 Å². The van der Waals surface area contributed by atoms with Crippen LogP contribution in [0.2, 0.25) is 0 Å². The molecule has 0 bridgehead atoms. The van der Waals surface area contributed by atoms with Crippen LogP contribution in [-0.2, 0) is 4.74 Å². The summed E-state index contributed by atoms with van der Waals surface area (Å²) in [6.07, 6.45) is 5.10. The van der Waals surface area contributed by atoms with Crippen LogP contribution in [-0.4, -0.2) is 26.3 Å². The molecule has 0 spiro atoms. The topological polar surface area (TPSA) is 61.3 Å². The van der Waals surface area contributed by atoms with Crippen LogP contribution in [0.3, 0.4) is 0 Å². The van der Waals surface area contributed by atoms with Gasteiger partial charge in [0.1, 0.15) is 0 Å². The summed E-state index contributed by atoms with van der Waals surface area (Å²) < 4.78 is 5.15. The lowest BCUT2D eigenvalue weighted by Crippen LogP contribution is -2.22. The minimum atomic E-state index is 0.740. The molecule has 13 heavy (non-hydrogen) atoms. The number of nitrogens with two attached hydrogens (primary N) is 2. The van der Waals surface area contributed by atoms with Crippen molar-refractivity contribution in [3.63, 3.8) is 0 Å². The van der Waals surface area contributed by atoms with Crippen LogP contribution in [0.4, 0.5) is 0 Å². The van der Waals surface area contributed by atoms with Crippen molar-refractivity contribution >= 4 is 0 Å². The van der Waals surface area contributed by atoms with E-state index in [0.717, 1.165) is 51.0 Å². The van der Waals surface area contributed by atoms with Gasteiger partial charge in [0.25, 0.3) is 0 Å². The first-order valence-corrected chi connectivity index (χ1v) is 5.34. The summed E-state index contributed by atoms with van der Waals surface area (Å²) in [5.74, 6) is 1.65. The molecule has 0 unspecified atom stereocenters. The molecule has 4 N–H and O–H groups in total. The third-order valence-electron chi connectivity index (χ3n) is 2.70. The van der Waals surface area contributed by atoms with Gasteiger partial charge in [-0.1, -0.05) is 0 Å². The Labute approximate surface area is 80.8 Å². The number of rotatable bonds is 2. The summed E-state index contributed by atoms with van der Waals surface area (Å²) in [5, 5.41) is 0. The number of hydrogen-bond acceptors (Lipinski definition) is 3. The summed E-state index contributed by atoms with van der Waals surface area (Å²) in [5.41, 5.74) is 10.7. The van der Waals surface area contributed by atoms with Crippen LogP contribution >= 0.6 is 0 Å². The molecular weight excluding hydrogens is 164 g/mol. The molecule has 2 fully saturated rings. The van der Waals surface area contributed by atoms with Crippen LogP contribution < -0.4 is 11.5 Å². The number of hydrogen-bond donors (Lipinski definition) is 2. The minimum Gasteiger partial charge on any atom is -0.381 e. The second-order valence-corrected chi connectivity index (χ2v) is 3.97. The first kappa shape index (κ1) is 11.0. The third-order valence-corrected chi connectivity index (χ3v) is 2.70. The highest BCUT2D eigenvalue weighted by Crippen LogP contribution is 2.26. The van der Waals surface area contributed by atoms with Gasteiger partial charge in [0, 0.05) is 13.2 Å². The molecule has 0 aromatic rings. The zero-order chi connectivity index (χ0) is 9.52. The molecule has 1 heterocycles. The Bertz CT molecular complexity index is 120. The van der Waals surface area contributed by atoms with E-state index in [1.54, 1.807) is 0 Å². The van der Waals surface area contributed by atoms with Crippen LogP contribution in [0.25, 0.3) is 0 Å². The molecule has 0 aromatic heterocycles. The molecule has 1 saturated carbocycles. The van der Waals surface area contributed by atoms with E-state index in [2.05, 4.69) is 0 Å². The first-order valence-electron chi connectivity index (χ1n) is 5.34. The van der Waals surface area contributed by atoms with Crippen molar-refractivity contribution in [1.82, 2.24) is 0 Å². The summed E-state index contributed by atoms with van der Waals surface area (Å²) in [7, 11) is 0. The van der Waals surface area contributed by atoms with Crippen molar-refractivity contribution in [1.29, 1.82) is 0 Å². The molecule has 2 aliphatic rings. The molecule has 78 valence electrons. The van der Waals surface area contributed by atoms with Crippen LogP contribution in [0.15, 0.2) is 0 Å². The fourth-order valence-corrected chi connectivity index (χ4v) is 1.34. The molecule has 1 aliphatic heterocycles. The van der Waals surface area contributed by atoms with Gasteiger partial charge in [-0.15, -0.1) is 0 Å². The molecule has 3 heteroatoms. The second-order valence-electron chi connectivity index (χ2n) is 3.97. The van der Waals surface area contributed by atoms with Crippen molar-refractivity contribution in [3.8, 4) is 0 Å². The first-order chi connectivity index (χ1) is 6.36. The van der Waals surface area contributed by atoms with Crippen molar-refractivity contribution in [2.45, 2.75) is 25.7 Å². The highest BCUT2D eigenvalue weighted by molar-refractivity contribution is 4.72. The van der Waals surface area contributed by atoms with E-state index >= 15 is 0 Å². The Morgan fingerprint density at radius 2 is 1.31 bits per heavy atom. The maximum absolute atomic E-state index is 5.45. The Hall–Kier alpha value is -0.120. The van der Waals surface area contributed by atoms with E-state index in [0.29, 0.717) is 0 Å². The van der Waals surface area contributed by atoms with Gasteiger partial charge < -0.3 is 16.2 Å². The highest BCUT2D eigenvalue weighted by atomic mass is 16.5. The minimum absolute atomic E-state index is 0.740. The standard InChI is InChI=1S/C6H13NO.C4H9N/c7-5-6-1-3-8-4-2-6;5-3-4-1-2-4/h6H,1-5,7H2;4H,1-3,5H2.